The fraction of sp³-hybridized carbons (Fsp3) is 0.357. The van der Waals surface area contributed by atoms with Crippen LogP contribution in [0.25, 0.3) is 10.9 Å². The summed E-state index contributed by atoms with van der Waals surface area (Å²) in [6.45, 7) is 5.70. The number of aliphatic carboxylic acids is 1. The van der Waals surface area contributed by atoms with E-state index in [9.17, 15) is 9.90 Å². The SMILES string of the molecule is CCC(C)(C(=O)O)n1ccc2c(C)cccc21. The van der Waals surface area contributed by atoms with Gasteiger partial charge in [-0.1, -0.05) is 19.1 Å². The molecule has 1 N–H and O–H groups in total. The summed E-state index contributed by atoms with van der Waals surface area (Å²) < 4.78 is 1.86. The van der Waals surface area contributed by atoms with E-state index < -0.39 is 11.5 Å². The van der Waals surface area contributed by atoms with Crippen LogP contribution in [0.15, 0.2) is 30.5 Å². The van der Waals surface area contributed by atoms with E-state index in [2.05, 4.69) is 0 Å². The van der Waals surface area contributed by atoms with Crippen molar-refractivity contribution in [3.05, 3.63) is 36.0 Å². The van der Waals surface area contributed by atoms with Crippen molar-refractivity contribution < 1.29 is 9.90 Å². The number of benzene rings is 1. The number of carboxylic acid groups (broad SMARTS) is 1. The third kappa shape index (κ3) is 1.62. The highest BCUT2D eigenvalue weighted by molar-refractivity contribution is 5.86. The highest BCUT2D eigenvalue weighted by atomic mass is 16.4. The largest absolute Gasteiger partial charge is 0.479 e. The fourth-order valence-electron chi connectivity index (χ4n) is 2.18. The second kappa shape index (κ2) is 3.91. The molecule has 3 nitrogen and oxygen atoms in total. The Morgan fingerprint density at radius 1 is 1.41 bits per heavy atom. The topological polar surface area (TPSA) is 42.2 Å². The van der Waals surface area contributed by atoms with Gasteiger partial charge >= 0.3 is 5.97 Å². The van der Waals surface area contributed by atoms with Gasteiger partial charge in [0.2, 0.25) is 0 Å². The average molecular weight is 231 g/mol. The molecule has 0 aliphatic rings. The molecule has 0 saturated heterocycles. The molecule has 17 heavy (non-hydrogen) atoms. The maximum atomic E-state index is 11.5. The lowest BCUT2D eigenvalue weighted by Gasteiger charge is -2.26. The first kappa shape index (κ1) is 11.7. The molecule has 0 aliphatic heterocycles. The van der Waals surface area contributed by atoms with Crippen molar-refractivity contribution in [3.63, 3.8) is 0 Å². The van der Waals surface area contributed by atoms with Crippen molar-refractivity contribution in [2.75, 3.05) is 0 Å². The Bertz CT molecular complexity index is 571. The van der Waals surface area contributed by atoms with E-state index in [0.29, 0.717) is 6.42 Å². The molecule has 2 rings (SSSR count). The summed E-state index contributed by atoms with van der Waals surface area (Å²) >= 11 is 0. The molecule has 1 heterocycles. The van der Waals surface area contributed by atoms with Crippen LogP contribution in [0, 0.1) is 6.92 Å². The van der Waals surface area contributed by atoms with Gasteiger partial charge in [-0.15, -0.1) is 0 Å². The monoisotopic (exact) mass is 231 g/mol. The molecule has 0 fully saturated rings. The molecule has 90 valence electrons. The Morgan fingerprint density at radius 3 is 2.71 bits per heavy atom. The number of carboxylic acids is 1. The minimum atomic E-state index is -0.879. The van der Waals surface area contributed by atoms with Crippen LogP contribution in [0.3, 0.4) is 0 Å². The van der Waals surface area contributed by atoms with Gasteiger partial charge in [-0.25, -0.2) is 4.79 Å². The first-order valence-electron chi connectivity index (χ1n) is 5.81. The van der Waals surface area contributed by atoms with E-state index >= 15 is 0 Å². The van der Waals surface area contributed by atoms with E-state index in [4.69, 9.17) is 0 Å². The fourth-order valence-corrected chi connectivity index (χ4v) is 2.18. The second-order valence-corrected chi connectivity index (χ2v) is 4.63. The molecular weight excluding hydrogens is 214 g/mol. The minimum absolute atomic E-state index is 0.556. The minimum Gasteiger partial charge on any atom is -0.479 e. The number of rotatable bonds is 3. The maximum Gasteiger partial charge on any atom is 0.329 e. The first-order chi connectivity index (χ1) is 8.00. The van der Waals surface area contributed by atoms with Gasteiger partial charge in [0.05, 0.1) is 0 Å². The molecular formula is C14H17NO2. The standard InChI is InChI=1S/C14H17NO2/c1-4-14(3,13(16)17)15-9-8-11-10(2)6-5-7-12(11)15/h5-9H,4H2,1-3H3,(H,16,17). The molecule has 1 atom stereocenters. The van der Waals surface area contributed by atoms with Gasteiger partial charge in [0, 0.05) is 17.1 Å². The van der Waals surface area contributed by atoms with Crippen LogP contribution in [-0.2, 0) is 10.3 Å². The lowest BCUT2D eigenvalue weighted by atomic mass is 9.98. The molecule has 3 heteroatoms. The van der Waals surface area contributed by atoms with Crippen molar-refractivity contribution in [2.24, 2.45) is 0 Å². The number of fused-ring (bicyclic) bond motifs is 1. The number of aryl methyl sites for hydroxylation is 1. The van der Waals surface area contributed by atoms with Crippen LogP contribution >= 0.6 is 0 Å². The van der Waals surface area contributed by atoms with E-state index in [1.165, 1.54) is 5.56 Å². The molecule has 2 aromatic rings. The lowest BCUT2D eigenvalue weighted by molar-refractivity contribution is -0.146. The van der Waals surface area contributed by atoms with Gasteiger partial charge in [0.1, 0.15) is 5.54 Å². The zero-order chi connectivity index (χ0) is 12.6. The number of aromatic nitrogens is 1. The van der Waals surface area contributed by atoms with Crippen LogP contribution < -0.4 is 0 Å². The van der Waals surface area contributed by atoms with E-state index in [0.717, 1.165) is 10.9 Å². The predicted molar refractivity (Wildman–Crippen MR) is 68.2 cm³/mol. The van der Waals surface area contributed by atoms with Crippen LogP contribution in [0.2, 0.25) is 0 Å². The summed E-state index contributed by atoms with van der Waals surface area (Å²) in [6.07, 6.45) is 2.43. The Kier molecular flexibility index (Phi) is 2.69. The highest BCUT2D eigenvalue weighted by Crippen LogP contribution is 2.28. The Hall–Kier alpha value is -1.77. The van der Waals surface area contributed by atoms with Gasteiger partial charge in [-0.2, -0.15) is 0 Å². The van der Waals surface area contributed by atoms with Crippen LogP contribution in [0.1, 0.15) is 25.8 Å². The molecule has 0 spiro atoms. The number of hydrogen-bond donors (Lipinski definition) is 1. The van der Waals surface area contributed by atoms with E-state index in [1.54, 1.807) is 6.92 Å². The molecule has 1 unspecified atom stereocenters. The third-order valence-electron chi connectivity index (χ3n) is 3.63. The summed E-state index contributed by atoms with van der Waals surface area (Å²) in [6, 6.07) is 7.96. The second-order valence-electron chi connectivity index (χ2n) is 4.63. The van der Waals surface area contributed by atoms with Crippen LogP contribution in [-0.4, -0.2) is 15.6 Å². The summed E-state index contributed by atoms with van der Waals surface area (Å²) in [7, 11) is 0. The molecule has 0 amide bonds. The van der Waals surface area contributed by atoms with Crippen molar-refractivity contribution in [3.8, 4) is 0 Å². The molecule has 0 saturated carbocycles. The van der Waals surface area contributed by atoms with Crippen LogP contribution in [0.4, 0.5) is 0 Å². The van der Waals surface area contributed by atoms with Crippen LogP contribution in [0.5, 0.6) is 0 Å². The number of hydrogen-bond acceptors (Lipinski definition) is 1. The van der Waals surface area contributed by atoms with Crippen molar-refractivity contribution in [1.82, 2.24) is 4.57 Å². The van der Waals surface area contributed by atoms with E-state index in [-0.39, 0.29) is 0 Å². The molecule has 1 aromatic carbocycles. The van der Waals surface area contributed by atoms with Gasteiger partial charge in [-0.05, 0) is 38.0 Å². The molecule has 0 bridgehead atoms. The van der Waals surface area contributed by atoms with Crippen molar-refractivity contribution in [1.29, 1.82) is 0 Å². The Labute approximate surface area is 101 Å². The zero-order valence-electron chi connectivity index (χ0n) is 10.4. The molecule has 0 radical (unpaired) electrons. The highest BCUT2D eigenvalue weighted by Gasteiger charge is 2.33. The maximum absolute atomic E-state index is 11.5. The van der Waals surface area contributed by atoms with Gasteiger partial charge < -0.3 is 9.67 Å². The summed E-state index contributed by atoms with van der Waals surface area (Å²) in [4.78, 5) is 11.5. The Balaban J connectivity index is 2.72. The summed E-state index contributed by atoms with van der Waals surface area (Å²) in [5.41, 5.74) is 1.28. The van der Waals surface area contributed by atoms with Gasteiger partial charge in [0.25, 0.3) is 0 Å². The first-order valence-corrected chi connectivity index (χ1v) is 5.81. The molecule has 1 aromatic heterocycles. The zero-order valence-corrected chi connectivity index (χ0v) is 10.4. The van der Waals surface area contributed by atoms with E-state index in [1.807, 2.05) is 48.9 Å². The van der Waals surface area contributed by atoms with Crippen molar-refractivity contribution >= 4 is 16.9 Å². The summed E-state index contributed by atoms with van der Waals surface area (Å²) in [5, 5.41) is 10.5. The average Bonchev–Trinajstić information content (AvgIpc) is 2.73. The predicted octanol–water partition coefficient (Wildman–Crippen LogP) is 3.16. The smallest absolute Gasteiger partial charge is 0.329 e. The number of nitrogens with zero attached hydrogens (tertiary/aromatic N) is 1. The lowest BCUT2D eigenvalue weighted by Crippen LogP contribution is -2.37. The van der Waals surface area contributed by atoms with Gasteiger partial charge in [-0.3, -0.25) is 0 Å². The quantitative estimate of drug-likeness (QED) is 0.881. The molecule has 0 aliphatic carbocycles. The number of carbonyl (C=O) groups is 1. The third-order valence-corrected chi connectivity index (χ3v) is 3.63. The summed E-state index contributed by atoms with van der Waals surface area (Å²) in [5.74, 6) is -0.793. The van der Waals surface area contributed by atoms with Gasteiger partial charge in [0.15, 0.2) is 0 Å². The Morgan fingerprint density at radius 2 is 2.12 bits per heavy atom. The normalized spacial score (nSPS) is 14.8. The van der Waals surface area contributed by atoms with Crippen molar-refractivity contribution in [2.45, 2.75) is 32.7 Å².